The number of ether oxygens (including phenoxy) is 1. The molecule has 3 rings (SSSR count). The van der Waals surface area contributed by atoms with Crippen LogP contribution in [0.2, 0.25) is 36.3 Å². The van der Waals surface area contributed by atoms with Gasteiger partial charge in [0.15, 0.2) is 16.6 Å². The van der Waals surface area contributed by atoms with Crippen LogP contribution in [0.5, 0.6) is 11.5 Å². The number of allylic oxidation sites excluding steroid dienone is 2. The average Bonchev–Trinajstić information content (AvgIpc) is 3.01. The van der Waals surface area contributed by atoms with Crippen LogP contribution in [0.1, 0.15) is 68.2 Å². The molecule has 50 heavy (non-hydrogen) atoms. The Morgan fingerprint density at radius 3 is 1.62 bits per heavy atom. The van der Waals surface area contributed by atoms with E-state index in [9.17, 15) is 9.36 Å². The lowest BCUT2D eigenvalue weighted by Gasteiger charge is -2.39. The minimum absolute atomic E-state index is 0.0143. The SMILES string of the molecule is COC(=O)C1=C(OP(=O)(Oc2ccccc2)Oc2ccccc2)CC[C@H](C(C)C)[C@H]1C=C(CO[Si](C)(C)C(C)(C)C)CO[Si](C)(C)C(C)(C)C. The Bertz CT molecular complexity index is 1450. The van der Waals surface area contributed by atoms with Crippen molar-refractivity contribution in [1.29, 1.82) is 0 Å². The van der Waals surface area contributed by atoms with Crippen LogP contribution in [-0.4, -0.2) is 42.9 Å². The van der Waals surface area contributed by atoms with Crippen LogP contribution in [0.15, 0.2) is 83.6 Å². The Kier molecular flexibility index (Phi) is 14.0. The molecule has 0 aliphatic heterocycles. The fourth-order valence-electron chi connectivity index (χ4n) is 5.20. The highest BCUT2D eigenvalue weighted by Gasteiger charge is 2.43. The number of hydrogen-bond donors (Lipinski definition) is 0. The van der Waals surface area contributed by atoms with Crippen LogP contribution >= 0.6 is 7.82 Å². The fraction of sp³-hybridized carbons (Fsp3) is 0.564. The highest BCUT2D eigenvalue weighted by molar-refractivity contribution is 7.49. The summed E-state index contributed by atoms with van der Waals surface area (Å²) in [5.74, 6) is 0.173. The maximum atomic E-state index is 14.5. The van der Waals surface area contributed by atoms with Gasteiger partial charge in [-0.3, -0.25) is 0 Å². The number of rotatable bonds is 15. The number of esters is 1. The summed E-state index contributed by atoms with van der Waals surface area (Å²) in [5, 5.41) is 0.0287. The van der Waals surface area contributed by atoms with E-state index in [-0.39, 0.29) is 27.7 Å². The Morgan fingerprint density at radius 1 is 0.800 bits per heavy atom. The molecule has 0 unspecified atom stereocenters. The number of para-hydroxylation sites is 2. The van der Waals surface area contributed by atoms with Gasteiger partial charge in [-0.15, -0.1) is 0 Å². The van der Waals surface area contributed by atoms with Crippen molar-refractivity contribution >= 4 is 30.4 Å². The quantitative estimate of drug-likeness (QED) is 0.0771. The normalized spacial score (nSPS) is 17.7. The molecule has 2 aromatic rings. The molecular weight excluding hydrogens is 684 g/mol. The number of benzene rings is 2. The van der Waals surface area contributed by atoms with E-state index in [0.717, 1.165) is 5.57 Å². The van der Waals surface area contributed by atoms with Gasteiger partial charge in [0.25, 0.3) is 0 Å². The van der Waals surface area contributed by atoms with Gasteiger partial charge in [0, 0.05) is 12.3 Å². The molecule has 0 saturated heterocycles. The van der Waals surface area contributed by atoms with Crippen LogP contribution in [0.4, 0.5) is 0 Å². The van der Waals surface area contributed by atoms with E-state index < -0.39 is 36.3 Å². The van der Waals surface area contributed by atoms with Gasteiger partial charge in [-0.1, -0.05) is 97.9 Å². The van der Waals surface area contributed by atoms with Crippen LogP contribution < -0.4 is 9.05 Å². The summed E-state index contributed by atoms with van der Waals surface area (Å²) in [6.45, 7) is 27.3. The summed E-state index contributed by atoms with van der Waals surface area (Å²) >= 11 is 0. The standard InChI is InChI=1S/C39H61O8PSi2/c1-29(2)33-24-25-35(47-48(41,45-31-20-16-14-17-21-31)46-32-22-18-15-19-23-32)36(37(40)42-9)34(33)26-30(27-43-49(10,11)38(3,4)5)28-44-50(12,13)39(6,7)8/h14-23,26,29,33-34H,24-25,27-28H2,1-13H3/t33-,34-/m1/s1. The molecule has 0 fully saturated rings. The molecule has 0 bridgehead atoms. The second-order valence-electron chi connectivity index (χ2n) is 16.6. The smallest absolute Gasteiger partial charge is 0.466 e. The molecule has 0 radical (unpaired) electrons. The molecule has 0 saturated carbocycles. The van der Waals surface area contributed by atoms with Gasteiger partial charge in [0.2, 0.25) is 0 Å². The number of carbonyl (C=O) groups is 1. The van der Waals surface area contributed by atoms with Crippen molar-refractivity contribution in [1.82, 2.24) is 0 Å². The first kappa shape index (κ1) is 41.8. The molecule has 0 aromatic heterocycles. The summed E-state index contributed by atoms with van der Waals surface area (Å²) in [6, 6.07) is 17.5. The molecule has 278 valence electrons. The van der Waals surface area contributed by atoms with Crippen molar-refractivity contribution in [3.8, 4) is 11.5 Å². The Morgan fingerprint density at radius 2 is 1.24 bits per heavy atom. The lowest BCUT2D eigenvalue weighted by Crippen LogP contribution is -2.43. The molecule has 1 aliphatic rings. The van der Waals surface area contributed by atoms with E-state index in [1.54, 1.807) is 48.5 Å². The lowest BCUT2D eigenvalue weighted by molar-refractivity contribution is -0.137. The third-order valence-corrected chi connectivity index (χ3v) is 20.7. The molecule has 11 heteroatoms. The lowest BCUT2D eigenvalue weighted by atomic mass is 9.71. The van der Waals surface area contributed by atoms with E-state index in [1.165, 1.54) is 7.11 Å². The van der Waals surface area contributed by atoms with Gasteiger partial charge >= 0.3 is 13.8 Å². The minimum atomic E-state index is -4.35. The molecule has 1 aliphatic carbocycles. The Hall–Kier alpha value is -2.63. The van der Waals surface area contributed by atoms with E-state index in [1.807, 2.05) is 12.1 Å². The maximum absolute atomic E-state index is 14.5. The highest BCUT2D eigenvalue weighted by Crippen LogP contribution is 2.54. The molecule has 0 amide bonds. The van der Waals surface area contributed by atoms with Gasteiger partial charge in [0.05, 0.1) is 25.9 Å². The third-order valence-electron chi connectivity index (χ3n) is 10.5. The second-order valence-corrected chi connectivity index (χ2v) is 27.6. The van der Waals surface area contributed by atoms with Gasteiger partial charge in [-0.2, -0.15) is 4.57 Å². The van der Waals surface area contributed by atoms with Crippen LogP contribution in [0.3, 0.4) is 0 Å². The zero-order valence-electron chi connectivity index (χ0n) is 32.6. The van der Waals surface area contributed by atoms with Crippen LogP contribution in [-0.2, 0) is 27.5 Å². The van der Waals surface area contributed by atoms with Crippen molar-refractivity contribution < 1.29 is 36.5 Å². The van der Waals surface area contributed by atoms with Crippen molar-refractivity contribution in [3.63, 3.8) is 0 Å². The zero-order valence-corrected chi connectivity index (χ0v) is 35.5. The monoisotopic (exact) mass is 744 g/mol. The van der Waals surface area contributed by atoms with Gasteiger partial charge in [-0.05, 0) is 84.4 Å². The van der Waals surface area contributed by atoms with Gasteiger partial charge in [-0.25, -0.2) is 4.79 Å². The number of methoxy groups -OCH3 is 1. The van der Waals surface area contributed by atoms with Crippen molar-refractivity contribution in [2.75, 3.05) is 20.3 Å². The predicted octanol–water partition coefficient (Wildman–Crippen LogP) is 11.3. The van der Waals surface area contributed by atoms with E-state index in [2.05, 4.69) is 87.7 Å². The third kappa shape index (κ3) is 11.2. The Labute approximate surface area is 303 Å². The summed E-state index contributed by atoms with van der Waals surface area (Å²) in [5.41, 5.74) is 1.27. The topological polar surface area (TPSA) is 89.5 Å². The minimum Gasteiger partial charge on any atom is -0.466 e. The van der Waals surface area contributed by atoms with Crippen molar-refractivity contribution in [2.45, 2.75) is 104 Å². The van der Waals surface area contributed by atoms with Crippen LogP contribution in [0.25, 0.3) is 0 Å². The fourth-order valence-corrected chi connectivity index (χ4v) is 8.49. The first-order valence-corrected chi connectivity index (χ1v) is 24.9. The van der Waals surface area contributed by atoms with Gasteiger partial charge < -0.3 is 27.2 Å². The summed E-state index contributed by atoms with van der Waals surface area (Å²) < 4.78 is 51.7. The summed E-state index contributed by atoms with van der Waals surface area (Å²) in [6.07, 6.45) is 3.17. The first-order chi connectivity index (χ1) is 23.1. The van der Waals surface area contributed by atoms with Crippen LogP contribution in [0, 0.1) is 17.8 Å². The molecule has 2 aromatic carbocycles. The largest absolute Gasteiger partial charge is 0.646 e. The van der Waals surface area contributed by atoms with Crippen molar-refractivity contribution in [3.05, 3.63) is 83.6 Å². The second kappa shape index (κ2) is 16.8. The molecular formula is C39H61O8PSi2. The maximum Gasteiger partial charge on any atom is 0.646 e. The van der Waals surface area contributed by atoms with E-state index in [0.29, 0.717) is 43.1 Å². The average molecular weight is 745 g/mol. The van der Waals surface area contributed by atoms with Crippen molar-refractivity contribution in [2.24, 2.45) is 17.8 Å². The molecule has 0 N–H and O–H groups in total. The molecule has 2 atom stereocenters. The summed E-state index contributed by atoms with van der Waals surface area (Å²) in [7, 11) is -7.26. The molecule has 0 spiro atoms. The van der Waals surface area contributed by atoms with Gasteiger partial charge in [0.1, 0.15) is 17.3 Å². The zero-order chi connectivity index (χ0) is 37.5. The first-order valence-electron chi connectivity index (χ1n) is 17.7. The number of phosphoric ester groups is 1. The number of phosphoric acid groups is 1. The number of carbonyl (C=O) groups excluding carboxylic acids is 1. The highest BCUT2D eigenvalue weighted by atomic mass is 31.2. The molecule has 8 nitrogen and oxygen atoms in total. The Balaban J connectivity index is 2.18. The predicted molar refractivity (Wildman–Crippen MR) is 207 cm³/mol. The molecule has 0 heterocycles. The van der Waals surface area contributed by atoms with E-state index in [4.69, 9.17) is 27.2 Å². The summed E-state index contributed by atoms with van der Waals surface area (Å²) in [4.78, 5) is 13.8. The number of hydrogen-bond acceptors (Lipinski definition) is 8. The van der Waals surface area contributed by atoms with E-state index >= 15 is 0 Å².